The maximum atomic E-state index is 11.5. The SMILES string of the molecule is COc1cc(Cl)c(C2CNC(=O)C2)c(Cl)c1-c1ccccc1. The summed E-state index contributed by atoms with van der Waals surface area (Å²) >= 11 is 13.1. The minimum Gasteiger partial charge on any atom is -0.496 e. The fraction of sp³-hybridized carbons (Fsp3) is 0.235. The molecule has 1 aliphatic rings. The predicted molar refractivity (Wildman–Crippen MR) is 88.8 cm³/mol. The molecule has 1 atom stereocenters. The molecule has 1 amide bonds. The van der Waals surface area contributed by atoms with Crippen molar-refractivity contribution in [1.29, 1.82) is 0 Å². The highest BCUT2D eigenvalue weighted by atomic mass is 35.5. The largest absolute Gasteiger partial charge is 0.496 e. The van der Waals surface area contributed by atoms with Crippen molar-refractivity contribution in [3.05, 3.63) is 52.0 Å². The molecule has 1 fully saturated rings. The Morgan fingerprint density at radius 1 is 1.23 bits per heavy atom. The molecular formula is C17H15Cl2NO2. The van der Waals surface area contributed by atoms with Crippen molar-refractivity contribution in [1.82, 2.24) is 5.32 Å². The van der Waals surface area contributed by atoms with Crippen LogP contribution < -0.4 is 10.1 Å². The smallest absolute Gasteiger partial charge is 0.220 e. The normalized spacial score (nSPS) is 17.4. The van der Waals surface area contributed by atoms with Crippen LogP contribution in [0.2, 0.25) is 10.0 Å². The summed E-state index contributed by atoms with van der Waals surface area (Å²) in [7, 11) is 1.59. The van der Waals surface area contributed by atoms with E-state index in [1.54, 1.807) is 13.2 Å². The monoisotopic (exact) mass is 335 g/mol. The first-order chi connectivity index (χ1) is 10.6. The Labute approximate surface area is 139 Å². The number of methoxy groups -OCH3 is 1. The third kappa shape index (κ3) is 2.67. The number of benzene rings is 2. The first-order valence-corrected chi connectivity index (χ1v) is 7.75. The van der Waals surface area contributed by atoms with Gasteiger partial charge in [-0.3, -0.25) is 4.79 Å². The molecule has 114 valence electrons. The highest BCUT2D eigenvalue weighted by molar-refractivity contribution is 6.38. The maximum Gasteiger partial charge on any atom is 0.220 e. The van der Waals surface area contributed by atoms with Gasteiger partial charge in [-0.1, -0.05) is 53.5 Å². The standard InChI is InChI=1S/C17H15Cl2NO2/c1-22-13-8-12(18)15(11-7-14(21)20-9-11)17(19)16(13)10-5-3-2-4-6-10/h2-6,8,11H,7,9H2,1H3,(H,20,21). The van der Waals surface area contributed by atoms with E-state index in [1.165, 1.54) is 0 Å². The molecule has 0 radical (unpaired) electrons. The van der Waals surface area contributed by atoms with Crippen LogP contribution in [0.25, 0.3) is 11.1 Å². The minimum atomic E-state index is -0.0131. The van der Waals surface area contributed by atoms with Crippen LogP contribution in [0.5, 0.6) is 5.75 Å². The van der Waals surface area contributed by atoms with Gasteiger partial charge >= 0.3 is 0 Å². The van der Waals surface area contributed by atoms with Crippen LogP contribution >= 0.6 is 23.2 Å². The van der Waals surface area contributed by atoms with Crippen LogP contribution in [0.15, 0.2) is 36.4 Å². The van der Waals surface area contributed by atoms with Crippen LogP contribution in [0.4, 0.5) is 0 Å². The number of amides is 1. The Bertz CT molecular complexity index is 716. The van der Waals surface area contributed by atoms with Gasteiger partial charge in [0.15, 0.2) is 0 Å². The number of nitrogens with one attached hydrogen (secondary N) is 1. The molecule has 2 aromatic carbocycles. The predicted octanol–water partition coefficient (Wildman–Crippen LogP) is 4.27. The number of halogens is 2. The van der Waals surface area contributed by atoms with Crippen molar-refractivity contribution in [2.75, 3.05) is 13.7 Å². The van der Waals surface area contributed by atoms with Crippen molar-refractivity contribution >= 4 is 29.1 Å². The lowest BCUT2D eigenvalue weighted by Crippen LogP contribution is -2.13. The number of hydrogen-bond acceptors (Lipinski definition) is 2. The summed E-state index contributed by atoms with van der Waals surface area (Å²) in [5.41, 5.74) is 2.57. The molecule has 3 rings (SSSR count). The van der Waals surface area contributed by atoms with Gasteiger partial charge in [0.25, 0.3) is 0 Å². The van der Waals surface area contributed by atoms with Gasteiger partial charge in [-0.15, -0.1) is 0 Å². The summed E-state index contributed by atoms with van der Waals surface area (Å²) in [6.45, 7) is 0.554. The van der Waals surface area contributed by atoms with Crippen LogP contribution in [0.3, 0.4) is 0 Å². The second-order valence-electron chi connectivity index (χ2n) is 5.23. The third-order valence-electron chi connectivity index (χ3n) is 3.89. The molecule has 0 aromatic heterocycles. The number of carbonyl (C=O) groups excluding carboxylic acids is 1. The van der Waals surface area contributed by atoms with Crippen molar-refractivity contribution < 1.29 is 9.53 Å². The zero-order chi connectivity index (χ0) is 15.7. The van der Waals surface area contributed by atoms with Crippen LogP contribution in [0, 0.1) is 0 Å². The molecule has 3 nitrogen and oxygen atoms in total. The quantitative estimate of drug-likeness (QED) is 0.909. The molecule has 1 saturated heterocycles. The Morgan fingerprint density at radius 3 is 2.55 bits per heavy atom. The maximum absolute atomic E-state index is 11.5. The molecule has 1 aliphatic heterocycles. The van der Waals surface area contributed by atoms with E-state index in [0.29, 0.717) is 28.8 Å². The van der Waals surface area contributed by atoms with E-state index in [1.807, 2.05) is 30.3 Å². The van der Waals surface area contributed by atoms with Gasteiger partial charge < -0.3 is 10.1 Å². The first-order valence-electron chi connectivity index (χ1n) is 6.99. The van der Waals surface area contributed by atoms with Crippen LogP contribution in [-0.2, 0) is 4.79 Å². The van der Waals surface area contributed by atoms with Gasteiger partial charge in [-0.2, -0.15) is 0 Å². The third-order valence-corrected chi connectivity index (χ3v) is 4.59. The van der Waals surface area contributed by atoms with Crippen LogP contribution in [-0.4, -0.2) is 19.6 Å². The Kier molecular flexibility index (Phi) is 4.27. The number of ether oxygens (including phenoxy) is 1. The minimum absolute atomic E-state index is 0.0131. The fourth-order valence-corrected chi connectivity index (χ4v) is 3.69. The number of rotatable bonds is 3. The molecule has 1 N–H and O–H groups in total. The zero-order valence-electron chi connectivity index (χ0n) is 12.0. The number of carbonyl (C=O) groups is 1. The summed E-state index contributed by atoms with van der Waals surface area (Å²) in [5, 5.41) is 3.91. The lowest BCUT2D eigenvalue weighted by Gasteiger charge is -2.19. The van der Waals surface area contributed by atoms with Crippen molar-refractivity contribution in [3.8, 4) is 16.9 Å². The second-order valence-corrected chi connectivity index (χ2v) is 6.02. The van der Waals surface area contributed by atoms with Crippen molar-refractivity contribution in [3.63, 3.8) is 0 Å². The molecule has 1 unspecified atom stereocenters. The Morgan fingerprint density at radius 2 is 1.95 bits per heavy atom. The molecule has 0 bridgehead atoms. The van der Waals surface area contributed by atoms with Crippen molar-refractivity contribution in [2.24, 2.45) is 0 Å². The van der Waals surface area contributed by atoms with Gasteiger partial charge in [-0.25, -0.2) is 0 Å². The van der Waals surface area contributed by atoms with Gasteiger partial charge in [-0.05, 0) is 17.2 Å². The van der Waals surface area contributed by atoms with Gasteiger partial charge in [0.05, 0.1) is 12.1 Å². The number of hydrogen-bond donors (Lipinski definition) is 1. The van der Waals surface area contributed by atoms with Crippen molar-refractivity contribution in [2.45, 2.75) is 12.3 Å². The Balaban J connectivity index is 2.18. The highest BCUT2D eigenvalue weighted by Gasteiger charge is 2.29. The van der Waals surface area contributed by atoms with E-state index in [2.05, 4.69) is 5.32 Å². The molecule has 0 aliphatic carbocycles. The van der Waals surface area contributed by atoms with Gasteiger partial charge in [0, 0.05) is 29.5 Å². The van der Waals surface area contributed by atoms with E-state index < -0.39 is 0 Å². The van der Waals surface area contributed by atoms with E-state index in [4.69, 9.17) is 27.9 Å². The average molecular weight is 336 g/mol. The molecule has 0 spiro atoms. The van der Waals surface area contributed by atoms with Gasteiger partial charge in [0.1, 0.15) is 5.75 Å². The molecule has 2 aromatic rings. The zero-order valence-corrected chi connectivity index (χ0v) is 13.5. The molecule has 22 heavy (non-hydrogen) atoms. The lowest BCUT2D eigenvalue weighted by molar-refractivity contribution is -0.119. The summed E-state index contributed by atoms with van der Waals surface area (Å²) in [5.74, 6) is 0.636. The van der Waals surface area contributed by atoms with E-state index in [-0.39, 0.29) is 11.8 Å². The average Bonchev–Trinajstić information content (AvgIpc) is 2.93. The summed E-state index contributed by atoms with van der Waals surface area (Å²) in [6, 6.07) is 11.5. The topological polar surface area (TPSA) is 38.3 Å². The summed E-state index contributed by atoms with van der Waals surface area (Å²) in [4.78, 5) is 11.5. The van der Waals surface area contributed by atoms with E-state index >= 15 is 0 Å². The molecule has 0 saturated carbocycles. The lowest BCUT2D eigenvalue weighted by atomic mass is 9.93. The van der Waals surface area contributed by atoms with Gasteiger partial charge in [0.2, 0.25) is 5.91 Å². The summed E-state index contributed by atoms with van der Waals surface area (Å²) in [6.07, 6.45) is 0.403. The first kappa shape index (κ1) is 15.2. The molecular weight excluding hydrogens is 321 g/mol. The van der Waals surface area contributed by atoms with E-state index in [9.17, 15) is 4.79 Å². The molecule has 1 heterocycles. The Hall–Kier alpha value is -1.71. The highest BCUT2D eigenvalue weighted by Crippen LogP contribution is 2.45. The fourth-order valence-electron chi connectivity index (χ4n) is 2.83. The van der Waals surface area contributed by atoms with Crippen LogP contribution in [0.1, 0.15) is 17.9 Å². The summed E-state index contributed by atoms with van der Waals surface area (Å²) < 4.78 is 5.45. The second kappa shape index (κ2) is 6.19. The van der Waals surface area contributed by atoms with E-state index in [0.717, 1.165) is 16.7 Å². The molecule has 5 heteroatoms.